The van der Waals surface area contributed by atoms with Gasteiger partial charge in [0.1, 0.15) is 11.5 Å². The fourth-order valence-corrected chi connectivity index (χ4v) is 7.67. The standard InChI is InChI=1S/C40H38O8S3/c1-5-47-38(26-49-34-18-23-37(27(2)24-34)48-25-39(41)42)40(32-10-6-28(7-11-32)30-14-19-35(20-15-30)50(3,43)44)33-12-8-29(9-13-33)31-16-21-36(22-17-31)51(4,45)46/h6-24H,5,25-26H2,1-4H3,(H,41,42). The molecule has 5 aromatic carbocycles. The number of aliphatic carboxylic acids is 1. The van der Waals surface area contributed by atoms with Crippen LogP contribution >= 0.6 is 11.8 Å². The van der Waals surface area contributed by atoms with Gasteiger partial charge in [0.15, 0.2) is 26.3 Å². The summed E-state index contributed by atoms with van der Waals surface area (Å²) in [4.78, 5) is 12.5. The summed E-state index contributed by atoms with van der Waals surface area (Å²) in [6.07, 6.45) is 2.38. The number of carboxylic acid groups (broad SMARTS) is 1. The maximum absolute atomic E-state index is 12.0. The first kappa shape index (κ1) is 37.4. The van der Waals surface area contributed by atoms with E-state index >= 15 is 0 Å². The van der Waals surface area contributed by atoms with Crippen LogP contribution in [0.4, 0.5) is 0 Å². The Morgan fingerprint density at radius 1 is 0.667 bits per heavy atom. The molecule has 0 heterocycles. The summed E-state index contributed by atoms with van der Waals surface area (Å²) < 4.78 is 59.6. The van der Waals surface area contributed by atoms with Crippen molar-refractivity contribution in [2.24, 2.45) is 0 Å². The molecular weight excluding hydrogens is 705 g/mol. The van der Waals surface area contributed by atoms with Gasteiger partial charge in [-0.3, -0.25) is 0 Å². The highest BCUT2D eigenvalue weighted by atomic mass is 32.2. The van der Waals surface area contributed by atoms with Gasteiger partial charge in [-0.25, -0.2) is 21.6 Å². The van der Waals surface area contributed by atoms with E-state index in [9.17, 15) is 21.6 Å². The maximum Gasteiger partial charge on any atom is 0.341 e. The van der Waals surface area contributed by atoms with Gasteiger partial charge >= 0.3 is 5.97 Å². The van der Waals surface area contributed by atoms with Crippen molar-refractivity contribution in [2.45, 2.75) is 28.5 Å². The van der Waals surface area contributed by atoms with Gasteiger partial charge in [0.05, 0.1) is 22.2 Å². The van der Waals surface area contributed by atoms with Crippen molar-refractivity contribution < 1.29 is 36.2 Å². The SMILES string of the molecule is CCOC(CSc1ccc(OCC(=O)O)c(C)c1)=C(c1ccc(-c2ccc(S(C)(=O)=O)cc2)cc1)c1ccc(-c2ccc(S(C)(=O)=O)cc2)cc1. The van der Waals surface area contributed by atoms with Crippen molar-refractivity contribution in [3.63, 3.8) is 0 Å². The third kappa shape index (κ3) is 9.69. The molecule has 0 saturated heterocycles. The monoisotopic (exact) mass is 742 g/mol. The second-order valence-electron chi connectivity index (χ2n) is 11.9. The van der Waals surface area contributed by atoms with Crippen molar-refractivity contribution in [3.8, 4) is 28.0 Å². The molecule has 5 rings (SSSR count). The zero-order valence-corrected chi connectivity index (χ0v) is 31.1. The van der Waals surface area contributed by atoms with Gasteiger partial charge in [-0.1, -0.05) is 72.8 Å². The highest BCUT2D eigenvalue weighted by Crippen LogP contribution is 2.35. The van der Waals surface area contributed by atoms with Crippen LogP contribution in [-0.2, 0) is 29.2 Å². The van der Waals surface area contributed by atoms with E-state index < -0.39 is 32.3 Å². The number of hydrogen-bond acceptors (Lipinski definition) is 8. The summed E-state index contributed by atoms with van der Waals surface area (Å²) >= 11 is 1.59. The first-order valence-electron chi connectivity index (χ1n) is 16.0. The Morgan fingerprint density at radius 3 is 1.47 bits per heavy atom. The second kappa shape index (κ2) is 16.0. The van der Waals surface area contributed by atoms with E-state index in [1.54, 1.807) is 66.4 Å². The van der Waals surface area contributed by atoms with Gasteiger partial charge in [-0.15, -0.1) is 11.8 Å². The molecule has 0 atom stereocenters. The molecule has 8 nitrogen and oxygen atoms in total. The molecule has 0 aromatic heterocycles. The predicted octanol–water partition coefficient (Wildman–Crippen LogP) is 8.19. The molecule has 0 bridgehead atoms. The highest BCUT2D eigenvalue weighted by molar-refractivity contribution is 7.99. The Hall–Kier alpha value is -4.84. The number of hydrogen-bond donors (Lipinski definition) is 1. The number of carbonyl (C=O) groups is 1. The van der Waals surface area contributed by atoms with Crippen molar-refractivity contribution >= 4 is 43.0 Å². The maximum atomic E-state index is 12.0. The van der Waals surface area contributed by atoms with Gasteiger partial charge in [-0.2, -0.15) is 0 Å². The molecule has 0 spiro atoms. The average molecular weight is 743 g/mol. The van der Waals surface area contributed by atoms with Crippen LogP contribution in [0.25, 0.3) is 27.8 Å². The van der Waals surface area contributed by atoms with Gasteiger partial charge in [0.2, 0.25) is 0 Å². The summed E-state index contributed by atoms with van der Waals surface area (Å²) in [5, 5.41) is 8.99. The Bertz CT molecular complexity index is 2140. The number of thioether (sulfide) groups is 1. The molecule has 0 aliphatic heterocycles. The van der Waals surface area contributed by atoms with Crippen molar-refractivity contribution in [1.29, 1.82) is 0 Å². The lowest BCUT2D eigenvalue weighted by atomic mass is 9.93. The largest absolute Gasteiger partial charge is 0.497 e. The van der Waals surface area contributed by atoms with E-state index in [1.807, 2.05) is 74.5 Å². The molecule has 5 aromatic rings. The number of benzene rings is 5. The Labute approximate surface area is 303 Å². The number of carboxylic acids is 1. The molecular formula is C40H38O8S3. The average Bonchev–Trinajstić information content (AvgIpc) is 3.10. The minimum Gasteiger partial charge on any atom is -0.497 e. The summed E-state index contributed by atoms with van der Waals surface area (Å²) in [5.74, 6) is 0.742. The van der Waals surface area contributed by atoms with E-state index in [1.165, 1.54) is 12.5 Å². The molecule has 0 fully saturated rings. The van der Waals surface area contributed by atoms with Gasteiger partial charge < -0.3 is 14.6 Å². The quantitative estimate of drug-likeness (QED) is 0.0886. The molecule has 0 radical (unpaired) electrons. The first-order chi connectivity index (χ1) is 24.2. The lowest BCUT2D eigenvalue weighted by Gasteiger charge is -2.18. The molecule has 0 saturated carbocycles. The fraction of sp³-hybridized carbons (Fsp3) is 0.175. The van der Waals surface area contributed by atoms with E-state index in [0.29, 0.717) is 18.1 Å². The highest BCUT2D eigenvalue weighted by Gasteiger charge is 2.17. The topological polar surface area (TPSA) is 124 Å². The molecule has 0 aliphatic rings. The molecule has 0 unspecified atom stereocenters. The molecule has 1 N–H and O–H groups in total. The van der Waals surface area contributed by atoms with Gasteiger partial charge in [-0.05, 0) is 95.3 Å². The van der Waals surface area contributed by atoms with Crippen molar-refractivity contribution in [2.75, 3.05) is 31.5 Å². The number of ether oxygens (including phenoxy) is 2. The first-order valence-corrected chi connectivity index (χ1v) is 20.8. The van der Waals surface area contributed by atoms with E-state index in [-0.39, 0.29) is 9.79 Å². The molecule has 264 valence electrons. The number of sulfone groups is 2. The fourth-order valence-electron chi connectivity index (χ4n) is 5.46. The summed E-state index contributed by atoms with van der Waals surface area (Å²) in [6, 6.07) is 35.3. The number of rotatable bonds is 14. The van der Waals surface area contributed by atoms with Crippen LogP contribution in [0.5, 0.6) is 5.75 Å². The smallest absolute Gasteiger partial charge is 0.341 e. The van der Waals surface area contributed by atoms with Crippen LogP contribution in [-0.4, -0.2) is 59.4 Å². The van der Waals surface area contributed by atoms with Crippen LogP contribution in [0.2, 0.25) is 0 Å². The van der Waals surface area contributed by atoms with Crippen molar-refractivity contribution in [1.82, 2.24) is 0 Å². The summed E-state index contributed by atoms with van der Waals surface area (Å²) in [7, 11) is -6.61. The second-order valence-corrected chi connectivity index (χ2v) is 17.0. The van der Waals surface area contributed by atoms with Gasteiger partial charge in [0, 0.05) is 23.0 Å². The molecule has 11 heteroatoms. The third-order valence-corrected chi connectivity index (χ3v) is 11.3. The van der Waals surface area contributed by atoms with Crippen LogP contribution in [0.3, 0.4) is 0 Å². The van der Waals surface area contributed by atoms with E-state index in [2.05, 4.69) is 0 Å². The Morgan fingerprint density at radius 2 is 1.10 bits per heavy atom. The van der Waals surface area contributed by atoms with E-state index in [4.69, 9.17) is 14.6 Å². The minimum atomic E-state index is -3.30. The summed E-state index contributed by atoms with van der Waals surface area (Å²) in [5.41, 5.74) is 7.21. The lowest BCUT2D eigenvalue weighted by Crippen LogP contribution is -2.10. The van der Waals surface area contributed by atoms with Crippen molar-refractivity contribution in [3.05, 3.63) is 138 Å². The Kier molecular flexibility index (Phi) is 11.7. The van der Waals surface area contributed by atoms with E-state index in [0.717, 1.165) is 55.2 Å². The third-order valence-electron chi connectivity index (χ3n) is 8.04. The van der Waals surface area contributed by atoms with Gasteiger partial charge in [0.25, 0.3) is 0 Å². The zero-order valence-electron chi connectivity index (χ0n) is 28.6. The van der Waals surface area contributed by atoms with Crippen LogP contribution in [0.15, 0.2) is 136 Å². The number of aryl methyl sites for hydroxylation is 1. The normalized spacial score (nSPS) is 11.5. The zero-order chi connectivity index (χ0) is 36.8. The minimum absolute atomic E-state index is 0.263. The predicted molar refractivity (Wildman–Crippen MR) is 203 cm³/mol. The molecule has 0 amide bonds. The Balaban J connectivity index is 1.51. The van der Waals surface area contributed by atoms with Crippen LogP contribution in [0.1, 0.15) is 23.6 Å². The lowest BCUT2D eigenvalue weighted by molar-refractivity contribution is -0.139. The molecule has 0 aliphatic carbocycles. The summed E-state index contributed by atoms with van der Waals surface area (Å²) in [6.45, 7) is 3.84. The molecule has 51 heavy (non-hydrogen) atoms. The van der Waals surface area contributed by atoms with Crippen LogP contribution < -0.4 is 4.74 Å². The van der Waals surface area contributed by atoms with Crippen LogP contribution in [0, 0.1) is 6.92 Å².